The molecule has 2 atom stereocenters. The van der Waals surface area contributed by atoms with Crippen LogP contribution in [0.1, 0.15) is 33.2 Å². The standard InChI is InChI=1S/C17H20BrF2N3O2/c1-17(2,3)25-16(24)22-7-6-13(12(20)9-22)23-14-8-10(19)4-5-11(14)15(18)21-23/h4-5,8,12-13H,6-7,9H2,1-3H3/t12-,13+/m0/s1. The number of amides is 1. The van der Waals surface area contributed by atoms with Gasteiger partial charge in [-0.05, 0) is 61.3 Å². The SMILES string of the molecule is CC(C)(C)OC(=O)N1CC[C@@H](n2nc(Br)c3ccc(F)cc32)[C@@H](F)C1. The van der Waals surface area contributed by atoms with Gasteiger partial charge in [-0.2, -0.15) is 5.10 Å². The fourth-order valence-electron chi connectivity index (χ4n) is 2.98. The van der Waals surface area contributed by atoms with Gasteiger partial charge in [-0.3, -0.25) is 4.68 Å². The number of halogens is 3. The molecular formula is C17H20BrF2N3O2. The van der Waals surface area contributed by atoms with Gasteiger partial charge < -0.3 is 9.64 Å². The summed E-state index contributed by atoms with van der Waals surface area (Å²) in [5.74, 6) is -0.400. The molecule has 0 saturated carbocycles. The van der Waals surface area contributed by atoms with Gasteiger partial charge >= 0.3 is 6.09 Å². The number of likely N-dealkylation sites (tertiary alicyclic amines) is 1. The van der Waals surface area contributed by atoms with E-state index in [9.17, 15) is 13.6 Å². The second-order valence-corrected chi connectivity index (χ2v) is 7.95. The molecular weight excluding hydrogens is 396 g/mol. The summed E-state index contributed by atoms with van der Waals surface area (Å²) >= 11 is 3.34. The maximum Gasteiger partial charge on any atom is 0.410 e. The van der Waals surface area contributed by atoms with Crippen molar-refractivity contribution < 1.29 is 18.3 Å². The normalized spacial score (nSPS) is 21.6. The smallest absolute Gasteiger partial charge is 0.410 e. The third-order valence-electron chi connectivity index (χ3n) is 4.10. The number of aromatic nitrogens is 2. The fraction of sp³-hybridized carbons (Fsp3) is 0.529. The summed E-state index contributed by atoms with van der Waals surface area (Å²) in [4.78, 5) is 13.5. The zero-order valence-electron chi connectivity index (χ0n) is 14.3. The number of piperidine rings is 1. The van der Waals surface area contributed by atoms with Gasteiger partial charge in [0.15, 0.2) is 0 Å². The minimum atomic E-state index is -1.32. The molecule has 3 rings (SSSR count). The molecule has 0 N–H and O–H groups in total. The van der Waals surface area contributed by atoms with Crippen molar-refractivity contribution in [3.8, 4) is 0 Å². The number of benzene rings is 1. The molecule has 1 fully saturated rings. The van der Waals surface area contributed by atoms with E-state index >= 15 is 0 Å². The average molecular weight is 416 g/mol. The highest BCUT2D eigenvalue weighted by molar-refractivity contribution is 9.10. The molecule has 5 nitrogen and oxygen atoms in total. The lowest BCUT2D eigenvalue weighted by atomic mass is 10.0. The van der Waals surface area contributed by atoms with Crippen molar-refractivity contribution in [2.24, 2.45) is 0 Å². The number of rotatable bonds is 1. The van der Waals surface area contributed by atoms with Gasteiger partial charge in [-0.25, -0.2) is 13.6 Å². The van der Waals surface area contributed by atoms with Crippen LogP contribution in [0.3, 0.4) is 0 Å². The summed E-state index contributed by atoms with van der Waals surface area (Å²) in [7, 11) is 0. The van der Waals surface area contributed by atoms with Crippen molar-refractivity contribution in [2.45, 2.75) is 45.0 Å². The van der Waals surface area contributed by atoms with E-state index in [1.807, 2.05) is 0 Å². The van der Waals surface area contributed by atoms with Crippen LogP contribution < -0.4 is 0 Å². The number of ether oxygens (including phenoxy) is 1. The monoisotopic (exact) mass is 415 g/mol. The maximum atomic E-state index is 14.8. The van der Waals surface area contributed by atoms with E-state index in [0.717, 1.165) is 5.39 Å². The van der Waals surface area contributed by atoms with E-state index in [1.165, 1.54) is 21.7 Å². The molecule has 1 amide bonds. The van der Waals surface area contributed by atoms with Crippen LogP contribution in [0.25, 0.3) is 10.9 Å². The second kappa shape index (κ2) is 6.55. The molecule has 136 valence electrons. The molecule has 2 aromatic rings. The maximum absolute atomic E-state index is 14.8. The van der Waals surface area contributed by atoms with E-state index in [-0.39, 0.29) is 6.54 Å². The molecule has 0 unspecified atom stereocenters. The molecule has 0 aliphatic carbocycles. The molecule has 1 saturated heterocycles. The Bertz CT molecular complexity index is 803. The first-order chi connectivity index (χ1) is 11.7. The number of fused-ring (bicyclic) bond motifs is 1. The van der Waals surface area contributed by atoms with E-state index < -0.39 is 29.7 Å². The quantitative estimate of drug-likeness (QED) is 0.690. The van der Waals surface area contributed by atoms with Crippen LogP contribution in [-0.2, 0) is 4.74 Å². The zero-order chi connectivity index (χ0) is 18.4. The van der Waals surface area contributed by atoms with E-state index in [1.54, 1.807) is 26.8 Å². The fourth-order valence-corrected chi connectivity index (χ4v) is 3.49. The summed E-state index contributed by atoms with van der Waals surface area (Å²) in [5, 5.41) is 5.05. The van der Waals surface area contributed by atoms with E-state index in [4.69, 9.17) is 4.74 Å². The van der Waals surface area contributed by atoms with Gasteiger partial charge in [0.2, 0.25) is 0 Å². The van der Waals surface area contributed by atoms with Gasteiger partial charge in [0.25, 0.3) is 0 Å². The average Bonchev–Trinajstić information content (AvgIpc) is 2.81. The third-order valence-corrected chi connectivity index (χ3v) is 4.68. The molecule has 1 aromatic heterocycles. The summed E-state index contributed by atoms with van der Waals surface area (Å²) in [6, 6.07) is 3.74. The van der Waals surface area contributed by atoms with Gasteiger partial charge in [0.1, 0.15) is 22.2 Å². The Morgan fingerprint density at radius 3 is 2.76 bits per heavy atom. The number of hydrogen-bond donors (Lipinski definition) is 0. The predicted octanol–water partition coefficient (Wildman–Crippen LogP) is 4.46. The second-order valence-electron chi connectivity index (χ2n) is 7.20. The lowest BCUT2D eigenvalue weighted by molar-refractivity contribution is 0.00611. The molecule has 2 heterocycles. The van der Waals surface area contributed by atoms with Crippen LogP contribution >= 0.6 is 15.9 Å². The number of alkyl halides is 1. The summed E-state index contributed by atoms with van der Waals surface area (Å²) < 4.78 is 35.7. The number of nitrogens with zero attached hydrogens (tertiary/aromatic N) is 3. The third kappa shape index (κ3) is 3.78. The molecule has 0 spiro atoms. The van der Waals surface area contributed by atoms with Crippen LogP contribution in [-0.4, -0.2) is 45.6 Å². The van der Waals surface area contributed by atoms with Crippen LogP contribution in [0, 0.1) is 5.82 Å². The van der Waals surface area contributed by atoms with Gasteiger partial charge in [-0.1, -0.05) is 0 Å². The molecule has 8 heteroatoms. The van der Waals surface area contributed by atoms with Crippen molar-refractivity contribution in [1.82, 2.24) is 14.7 Å². The number of carbonyl (C=O) groups is 1. The first-order valence-electron chi connectivity index (χ1n) is 8.11. The highest BCUT2D eigenvalue weighted by Gasteiger charge is 2.36. The number of carbonyl (C=O) groups excluding carboxylic acids is 1. The Hall–Kier alpha value is -1.70. The number of hydrogen-bond acceptors (Lipinski definition) is 3. The van der Waals surface area contributed by atoms with E-state index in [0.29, 0.717) is 23.1 Å². The van der Waals surface area contributed by atoms with Crippen LogP contribution in [0.15, 0.2) is 22.8 Å². The molecule has 0 radical (unpaired) electrons. The van der Waals surface area contributed by atoms with Gasteiger partial charge in [-0.15, -0.1) is 0 Å². The molecule has 1 aliphatic heterocycles. The van der Waals surface area contributed by atoms with E-state index in [2.05, 4.69) is 21.0 Å². The Morgan fingerprint density at radius 1 is 1.40 bits per heavy atom. The molecule has 25 heavy (non-hydrogen) atoms. The Morgan fingerprint density at radius 2 is 2.12 bits per heavy atom. The molecule has 0 bridgehead atoms. The zero-order valence-corrected chi connectivity index (χ0v) is 15.9. The van der Waals surface area contributed by atoms with Crippen molar-refractivity contribution in [1.29, 1.82) is 0 Å². The van der Waals surface area contributed by atoms with Gasteiger partial charge in [0, 0.05) is 11.9 Å². The molecule has 1 aliphatic rings. The van der Waals surface area contributed by atoms with Crippen molar-refractivity contribution in [3.63, 3.8) is 0 Å². The highest BCUT2D eigenvalue weighted by atomic mass is 79.9. The largest absolute Gasteiger partial charge is 0.444 e. The lowest BCUT2D eigenvalue weighted by Gasteiger charge is -2.35. The first-order valence-corrected chi connectivity index (χ1v) is 8.90. The van der Waals surface area contributed by atoms with Crippen molar-refractivity contribution in [3.05, 3.63) is 28.6 Å². The lowest BCUT2D eigenvalue weighted by Crippen LogP contribution is -2.47. The first kappa shape index (κ1) is 18.1. The minimum Gasteiger partial charge on any atom is -0.444 e. The van der Waals surface area contributed by atoms with Crippen LogP contribution in [0.4, 0.5) is 13.6 Å². The predicted molar refractivity (Wildman–Crippen MR) is 93.7 cm³/mol. The topological polar surface area (TPSA) is 47.4 Å². The summed E-state index contributed by atoms with van der Waals surface area (Å²) in [6.07, 6.45) is -1.47. The Labute approximate surface area is 153 Å². The highest BCUT2D eigenvalue weighted by Crippen LogP contribution is 2.32. The summed E-state index contributed by atoms with van der Waals surface area (Å²) in [5.41, 5.74) is -0.0921. The van der Waals surface area contributed by atoms with Crippen LogP contribution in [0.5, 0.6) is 0 Å². The summed E-state index contributed by atoms with van der Waals surface area (Å²) in [6.45, 7) is 5.59. The Balaban J connectivity index is 1.81. The van der Waals surface area contributed by atoms with Crippen molar-refractivity contribution >= 4 is 32.9 Å². The molecule has 1 aromatic carbocycles. The minimum absolute atomic E-state index is 0.0755. The van der Waals surface area contributed by atoms with Gasteiger partial charge in [0.05, 0.1) is 18.1 Å². The van der Waals surface area contributed by atoms with Crippen LogP contribution in [0.2, 0.25) is 0 Å². The van der Waals surface area contributed by atoms with Crippen molar-refractivity contribution in [2.75, 3.05) is 13.1 Å². The Kier molecular flexibility index (Phi) is 4.74.